The molecule has 0 amide bonds. The van der Waals surface area contributed by atoms with Crippen molar-refractivity contribution >= 4 is 0 Å². The fourth-order valence-corrected chi connectivity index (χ4v) is 2.16. The number of aryl methyl sites for hydroxylation is 2. The van der Waals surface area contributed by atoms with Crippen LogP contribution in [0, 0.1) is 25.2 Å². The first kappa shape index (κ1) is 13.5. The number of rotatable bonds is 4. The number of nitrogens with zero attached hydrogens (tertiary/aromatic N) is 2. The van der Waals surface area contributed by atoms with Crippen molar-refractivity contribution in [2.75, 3.05) is 21.2 Å². The fraction of sp³-hybridized carbons (Fsp3) is 0.500. The van der Waals surface area contributed by atoms with E-state index in [2.05, 4.69) is 24.0 Å². The molecule has 0 heterocycles. The van der Waals surface area contributed by atoms with Crippen molar-refractivity contribution in [3.63, 3.8) is 0 Å². The maximum atomic E-state index is 8.94. The third kappa shape index (κ3) is 2.98. The molecule has 1 rings (SSSR count). The van der Waals surface area contributed by atoms with Crippen LogP contribution in [-0.4, -0.2) is 26.1 Å². The van der Waals surface area contributed by atoms with Crippen LogP contribution in [0.4, 0.5) is 0 Å². The number of nitriles is 1. The van der Waals surface area contributed by atoms with Crippen molar-refractivity contribution in [2.24, 2.45) is 0 Å². The van der Waals surface area contributed by atoms with Gasteiger partial charge in [-0.05, 0) is 45.1 Å². The van der Waals surface area contributed by atoms with E-state index in [1.54, 1.807) is 7.11 Å². The Labute approximate surface area is 104 Å². The predicted octanol–water partition coefficient (Wildman–Crippen LogP) is 2.83. The maximum Gasteiger partial charge on any atom is 0.124 e. The molecule has 1 atom stereocenters. The average Bonchev–Trinajstić information content (AvgIpc) is 2.25. The highest BCUT2D eigenvalue weighted by atomic mass is 16.5. The molecule has 0 N–H and O–H groups in total. The summed E-state index contributed by atoms with van der Waals surface area (Å²) in [6.45, 7) is 4.12. The van der Waals surface area contributed by atoms with Crippen LogP contribution in [0.5, 0.6) is 5.75 Å². The van der Waals surface area contributed by atoms with Gasteiger partial charge in [0.15, 0.2) is 0 Å². The highest BCUT2D eigenvalue weighted by Gasteiger charge is 2.20. The first-order valence-corrected chi connectivity index (χ1v) is 5.69. The summed E-state index contributed by atoms with van der Waals surface area (Å²) in [7, 11) is 5.65. The Morgan fingerprint density at radius 1 is 1.35 bits per heavy atom. The molecule has 0 fully saturated rings. The molecule has 0 radical (unpaired) electrons. The van der Waals surface area contributed by atoms with Crippen LogP contribution < -0.4 is 4.74 Å². The van der Waals surface area contributed by atoms with Gasteiger partial charge in [0.2, 0.25) is 0 Å². The molecule has 0 aliphatic rings. The highest BCUT2D eigenvalue weighted by molar-refractivity contribution is 5.45. The molecule has 0 saturated heterocycles. The molecular formula is C14H20N2O. The molecule has 1 aromatic rings. The van der Waals surface area contributed by atoms with E-state index in [-0.39, 0.29) is 6.04 Å². The zero-order valence-corrected chi connectivity index (χ0v) is 11.2. The van der Waals surface area contributed by atoms with Crippen molar-refractivity contribution in [1.29, 1.82) is 5.26 Å². The third-order valence-corrected chi connectivity index (χ3v) is 2.95. The topological polar surface area (TPSA) is 36.3 Å². The summed E-state index contributed by atoms with van der Waals surface area (Å²) < 4.78 is 5.45. The number of ether oxygens (including phenoxy) is 1. The minimum atomic E-state index is 0.0792. The molecule has 0 spiro atoms. The maximum absolute atomic E-state index is 8.94. The predicted molar refractivity (Wildman–Crippen MR) is 69.1 cm³/mol. The molecule has 17 heavy (non-hydrogen) atoms. The van der Waals surface area contributed by atoms with Gasteiger partial charge >= 0.3 is 0 Å². The second-order valence-corrected chi connectivity index (χ2v) is 4.54. The summed E-state index contributed by atoms with van der Waals surface area (Å²) in [5.74, 6) is 0.872. The van der Waals surface area contributed by atoms with Crippen molar-refractivity contribution in [3.8, 4) is 11.8 Å². The van der Waals surface area contributed by atoms with Gasteiger partial charge < -0.3 is 9.64 Å². The number of hydrogen-bond donors (Lipinski definition) is 0. The molecule has 0 aromatic heterocycles. The van der Waals surface area contributed by atoms with E-state index < -0.39 is 0 Å². The Morgan fingerprint density at radius 2 is 2.00 bits per heavy atom. The molecule has 0 bridgehead atoms. The van der Waals surface area contributed by atoms with Crippen molar-refractivity contribution < 1.29 is 4.74 Å². The van der Waals surface area contributed by atoms with E-state index in [0.717, 1.165) is 11.3 Å². The molecular weight excluding hydrogens is 212 g/mol. The first-order chi connectivity index (χ1) is 8.01. The summed E-state index contributed by atoms with van der Waals surface area (Å²) in [6.07, 6.45) is 0.466. The molecule has 3 heteroatoms. The smallest absolute Gasteiger partial charge is 0.124 e. The molecule has 0 saturated carbocycles. The van der Waals surface area contributed by atoms with Crippen molar-refractivity contribution in [2.45, 2.75) is 26.3 Å². The monoisotopic (exact) mass is 232 g/mol. The minimum Gasteiger partial charge on any atom is -0.496 e. The SMILES string of the molecule is COc1cc(C)cc(C)c1C(CC#N)N(C)C. The van der Waals surface area contributed by atoms with Crippen LogP contribution in [-0.2, 0) is 0 Å². The van der Waals surface area contributed by atoms with Crippen LogP contribution in [0.1, 0.15) is 29.2 Å². The second kappa shape index (κ2) is 5.70. The van der Waals surface area contributed by atoms with E-state index in [1.807, 2.05) is 27.1 Å². The first-order valence-electron chi connectivity index (χ1n) is 5.69. The van der Waals surface area contributed by atoms with Gasteiger partial charge in [0.05, 0.1) is 25.6 Å². The lowest BCUT2D eigenvalue weighted by Crippen LogP contribution is -2.21. The number of hydrogen-bond acceptors (Lipinski definition) is 3. The van der Waals surface area contributed by atoms with Crippen LogP contribution >= 0.6 is 0 Å². The standard InChI is InChI=1S/C14H20N2O/c1-10-8-11(2)14(13(9-10)17-5)12(6-7-15)16(3)4/h8-9,12H,6H2,1-5H3. The molecule has 92 valence electrons. The molecule has 0 aliphatic carbocycles. The lowest BCUT2D eigenvalue weighted by molar-refractivity contribution is 0.291. The van der Waals surface area contributed by atoms with Gasteiger partial charge in [-0.2, -0.15) is 5.26 Å². The highest BCUT2D eigenvalue weighted by Crippen LogP contribution is 2.34. The minimum absolute atomic E-state index is 0.0792. The lowest BCUT2D eigenvalue weighted by Gasteiger charge is -2.26. The summed E-state index contributed by atoms with van der Waals surface area (Å²) in [6, 6.07) is 6.48. The molecule has 0 aliphatic heterocycles. The Kier molecular flexibility index (Phi) is 4.53. The van der Waals surface area contributed by atoms with E-state index >= 15 is 0 Å². The summed E-state index contributed by atoms with van der Waals surface area (Å²) in [5, 5.41) is 8.94. The third-order valence-electron chi connectivity index (χ3n) is 2.95. The average molecular weight is 232 g/mol. The van der Waals surface area contributed by atoms with Gasteiger partial charge in [0.25, 0.3) is 0 Å². The number of methoxy groups -OCH3 is 1. The van der Waals surface area contributed by atoms with Crippen molar-refractivity contribution in [1.82, 2.24) is 4.90 Å². The van der Waals surface area contributed by atoms with Crippen molar-refractivity contribution in [3.05, 3.63) is 28.8 Å². The lowest BCUT2D eigenvalue weighted by atomic mass is 9.95. The molecule has 3 nitrogen and oxygen atoms in total. The number of benzene rings is 1. The molecule has 1 aromatic carbocycles. The molecule has 1 unspecified atom stereocenters. The Hall–Kier alpha value is -1.53. The summed E-state index contributed by atoms with van der Waals surface area (Å²) >= 11 is 0. The van der Waals surface area contributed by atoms with Gasteiger partial charge in [-0.25, -0.2) is 0 Å². The van der Waals surface area contributed by atoms with Gasteiger partial charge in [-0.3, -0.25) is 0 Å². The Morgan fingerprint density at radius 3 is 2.47 bits per heavy atom. The Bertz CT molecular complexity index is 433. The van der Waals surface area contributed by atoms with Crippen LogP contribution in [0.25, 0.3) is 0 Å². The zero-order chi connectivity index (χ0) is 13.0. The van der Waals surface area contributed by atoms with Gasteiger partial charge in [0.1, 0.15) is 5.75 Å². The quantitative estimate of drug-likeness (QED) is 0.801. The van der Waals surface area contributed by atoms with Crippen LogP contribution in [0.2, 0.25) is 0 Å². The summed E-state index contributed by atoms with van der Waals surface area (Å²) in [5.41, 5.74) is 3.47. The summed E-state index contributed by atoms with van der Waals surface area (Å²) in [4.78, 5) is 2.06. The van der Waals surface area contributed by atoms with Gasteiger partial charge in [-0.15, -0.1) is 0 Å². The second-order valence-electron chi connectivity index (χ2n) is 4.54. The normalized spacial score (nSPS) is 12.3. The van der Waals surface area contributed by atoms with E-state index in [9.17, 15) is 0 Å². The van der Waals surface area contributed by atoms with E-state index in [4.69, 9.17) is 10.00 Å². The van der Waals surface area contributed by atoms with Crippen LogP contribution in [0.3, 0.4) is 0 Å². The largest absolute Gasteiger partial charge is 0.496 e. The van der Waals surface area contributed by atoms with Gasteiger partial charge in [-0.1, -0.05) is 6.07 Å². The van der Waals surface area contributed by atoms with Gasteiger partial charge in [0, 0.05) is 5.56 Å². The fourth-order valence-electron chi connectivity index (χ4n) is 2.16. The van der Waals surface area contributed by atoms with Crippen LogP contribution in [0.15, 0.2) is 12.1 Å². The zero-order valence-electron chi connectivity index (χ0n) is 11.2. The Balaban J connectivity index is 3.31. The van der Waals surface area contributed by atoms with E-state index in [0.29, 0.717) is 6.42 Å². The van der Waals surface area contributed by atoms with E-state index in [1.165, 1.54) is 11.1 Å².